The molecular formula is C16H16N2OS. The number of hydrogen-bond donors (Lipinski definition) is 0. The highest BCUT2D eigenvalue weighted by Gasteiger charge is 2.25. The second kappa shape index (κ2) is 4.72. The summed E-state index contributed by atoms with van der Waals surface area (Å²) in [5, 5.41) is 2.20. The van der Waals surface area contributed by atoms with Gasteiger partial charge in [0.2, 0.25) is 5.89 Å². The number of oxazole rings is 1. The Morgan fingerprint density at radius 2 is 2.25 bits per heavy atom. The number of para-hydroxylation sites is 2. The van der Waals surface area contributed by atoms with Gasteiger partial charge in [0.25, 0.3) is 0 Å². The fraction of sp³-hybridized carbons (Fsp3) is 0.312. The van der Waals surface area contributed by atoms with Gasteiger partial charge in [-0.2, -0.15) is 0 Å². The zero-order valence-corrected chi connectivity index (χ0v) is 12.2. The Hall–Kier alpha value is -1.65. The SMILES string of the molecule is CC1c2ccsc2CCN1Cc1nc2ccccc2o1. The molecule has 0 bridgehead atoms. The number of thiophene rings is 1. The maximum absolute atomic E-state index is 5.84. The topological polar surface area (TPSA) is 29.3 Å². The quantitative estimate of drug-likeness (QED) is 0.712. The summed E-state index contributed by atoms with van der Waals surface area (Å²) in [6.07, 6.45) is 1.14. The summed E-state index contributed by atoms with van der Waals surface area (Å²) in [6, 6.07) is 10.7. The Morgan fingerprint density at radius 3 is 3.15 bits per heavy atom. The van der Waals surface area contributed by atoms with Crippen molar-refractivity contribution in [1.29, 1.82) is 0 Å². The Kier molecular flexibility index (Phi) is 2.86. The average Bonchev–Trinajstić information content (AvgIpc) is 3.08. The first-order valence-electron chi connectivity index (χ1n) is 6.96. The summed E-state index contributed by atoms with van der Waals surface area (Å²) >= 11 is 1.88. The molecule has 102 valence electrons. The number of nitrogens with zero attached hydrogens (tertiary/aromatic N) is 2. The van der Waals surface area contributed by atoms with Crippen LogP contribution < -0.4 is 0 Å². The van der Waals surface area contributed by atoms with Crippen molar-refractivity contribution in [2.45, 2.75) is 25.9 Å². The molecule has 3 aromatic rings. The van der Waals surface area contributed by atoms with E-state index in [1.807, 2.05) is 35.6 Å². The normalized spacial score (nSPS) is 19.4. The molecule has 1 unspecified atom stereocenters. The zero-order valence-electron chi connectivity index (χ0n) is 11.4. The molecular weight excluding hydrogens is 268 g/mol. The van der Waals surface area contributed by atoms with Crippen LogP contribution in [0.1, 0.15) is 29.3 Å². The molecule has 1 aliphatic heterocycles. The molecule has 1 atom stereocenters. The first-order chi connectivity index (χ1) is 9.81. The molecule has 20 heavy (non-hydrogen) atoms. The summed E-state index contributed by atoms with van der Waals surface area (Å²) in [6.45, 7) is 4.13. The van der Waals surface area contributed by atoms with Crippen molar-refractivity contribution >= 4 is 22.4 Å². The smallest absolute Gasteiger partial charge is 0.209 e. The molecule has 0 saturated heterocycles. The fourth-order valence-corrected chi connectivity index (χ4v) is 3.90. The van der Waals surface area contributed by atoms with Crippen LogP contribution in [0.2, 0.25) is 0 Å². The maximum Gasteiger partial charge on any atom is 0.209 e. The molecule has 1 aliphatic rings. The minimum absolute atomic E-state index is 0.444. The summed E-state index contributed by atoms with van der Waals surface area (Å²) in [4.78, 5) is 8.56. The molecule has 0 spiro atoms. The van der Waals surface area contributed by atoms with Crippen molar-refractivity contribution in [3.05, 3.63) is 52.0 Å². The van der Waals surface area contributed by atoms with Gasteiger partial charge in [0, 0.05) is 17.5 Å². The van der Waals surface area contributed by atoms with Crippen molar-refractivity contribution in [3.8, 4) is 0 Å². The lowest BCUT2D eigenvalue weighted by atomic mass is 10.0. The summed E-state index contributed by atoms with van der Waals surface area (Å²) in [5.74, 6) is 0.816. The van der Waals surface area contributed by atoms with Crippen LogP contribution in [0.3, 0.4) is 0 Å². The molecule has 0 aliphatic carbocycles. The van der Waals surface area contributed by atoms with Crippen LogP contribution in [0.15, 0.2) is 40.1 Å². The molecule has 1 aromatic carbocycles. The van der Waals surface area contributed by atoms with E-state index in [9.17, 15) is 0 Å². The molecule has 0 fully saturated rings. The van der Waals surface area contributed by atoms with E-state index in [-0.39, 0.29) is 0 Å². The van der Waals surface area contributed by atoms with Crippen molar-refractivity contribution < 1.29 is 4.42 Å². The van der Waals surface area contributed by atoms with Gasteiger partial charge in [-0.25, -0.2) is 4.98 Å². The number of aromatic nitrogens is 1. The summed E-state index contributed by atoms with van der Waals surface area (Å²) < 4.78 is 5.84. The lowest BCUT2D eigenvalue weighted by Crippen LogP contribution is -2.32. The van der Waals surface area contributed by atoms with E-state index in [2.05, 4.69) is 28.3 Å². The van der Waals surface area contributed by atoms with Gasteiger partial charge in [-0.1, -0.05) is 12.1 Å². The van der Waals surface area contributed by atoms with Gasteiger partial charge in [0.1, 0.15) is 5.52 Å². The third-order valence-electron chi connectivity index (χ3n) is 4.08. The first-order valence-corrected chi connectivity index (χ1v) is 7.84. The van der Waals surface area contributed by atoms with Crippen molar-refractivity contribution in [2.75, 3.05) is 6.54 Å². The van der Waals surface area contributed by atoms with Crippen LogP contribution in [0.5, 0.6) is 0 Å². The Bertz CT molecular complexity index is 713. The van der Waals surface area contributed by atoms with E-state index in [4.69, 9.17) is 4.42 Å². The first kappa shape index (κ1) is 12.1. The van der Waals surface area contributed by atoms with Crippen LogP contribution in [-0.2, 0) is 13.0 Å². The Labute approximate surface area is 121 Å². The highest BCUT2D eigenvalue weighted by Crippen LogP contribution is 2.33. The van der Waals surface area contributed by atoms with Gasteiger partial charge in [0.15, 0.2) is 5.58 Å². The van der Waals surface area contributed by atoms with Gasteiger partial charge in [-0.15, -0.1) is 11.3 Å². The van der Waals surface area contributed by atoms with Crippen LogP contribution in [-0.4, -0.2) is 16.4 Å². The van der Waals surface area contributed by atoms with Crippen LogP contribution in [0.25, 0.3) is 11.1 Å². The van der Waals surface area contributed by atoms with E-state index < -0.39 is 0 Å². The minimum atomic E-state index is 0.444. The van der Waals surface area contributed by atoms with Gasteiger partial charge < -0.3 is 4.42 Å². The van der Waals surface area contributed by atoms with E-state index in [0.29, 0.717) is 6.04 Å². The van der Waals surface area contributed by atoms with Crippen molar-refractivity contribution in [1.82, 2.24) is 9.88 Å². The standard InChI is InChI=1S/C16H16N2OS/c1-11-12-7-9-20-15(12)6-8-18(11)10-16-17-13-4-2-3-5-14(13)19-16/h2-5,7,9,11H,6,8,10H2,1H3. The van der Waals surface area contributed by atoms with Gasteiger partial charge >= 0.3 is 0 Å². The number of benzene rings is 1. The lowest BCUT2D eigenvalue weighted by Gasteiger charge is -2.32. The summed E-state index contributed by atoms with van der Waals surface area (Å²) in [7, 11) is 0. The highest BCUT2D eigenvalue weighted by molar-refractivity contribution is 7.10. The van der Waals surface area contributed by atoms with E-state index >= 15 is 0 Å². The zero-order chi connectivity index (χ0) is 13.5. The second-order valence-corrected chi connectivity index (χ2v) is 6.27. The average molecular weight is 284 g/mol. The number of hydrogen-bond acceptors (Lipinski definition) is 4. The highest BCUT2D eigenvalue weighted by atomic mass is 32.1. The molecule has 4 rings (SSSR count). The Morgan fingerprint density at radius 1 is 1.35 bits per heavy atom. The maximum atomic E-state index is 5.84. The fourth-order valence-electron chi connectivity index (χ4n) is 2.94. The van der Waals surface area contributed by atoms with Crippen molar-refractivity contribution in [3.63, 3.8) is 0 Å². The predicted molar refractivity (Wildman–Crippen MR) is 80.9 cm³/mol. The predicted octanol–water partition coefficient (Wildman–Crippen LogP) is 4.01. The molecule has 3 heterocycles. The Balaban J connectivity index is 1.60. The van der Waals surface area contributed by atoms with Crippen LogP contribution in [0.4, 0.5) is 0 Å². The minimum Gasteiger partial charge on any atom is -0.439 e. The van der Waals surface area contributed by atoms with Crippen molar-refractivity contribution in [2.24, 2.45) is 0 Å². The third kappa shape index (κ3) is 1.96. The molecule has 0 saturated carbocycles. The monoisotopic (exact) mass is 284 g/mol. The molecule has 4 heteroatoms. The number of rotatable bonds is 2. The van der Waals surface area contributed by atoms with E-state index in [0.717, 1.165) is 36.5 Å². The van der Waals surface area contributed by atoms with Gasteiger partial charge in [-0.3, -0.25) is 4.90 Å². The third-order valence-corrected chi connectivity index (χ3v) is 5.08. The molecule has 2 aromatic heterocycles. The van der Waals surface area contributed by atoms with Crippen LogP contribution >= 0.6 is 11.3 Å². The lowest BCUT2D eigenvalue weighted by molar-refractivity contribution is 0.175. The molecule has 0 N–H and O–H groups in total. The van der Waals surface area contributed by atoms with Crippen LogP contribution in [0, 0.1) is 0 Å². The van der Waals surface area contributed by atoms with Gasteiger partial charge in [0.05, 0.1) is 6.54 Å². The molecule has 3 nitrogen and oxygen atoms in total. The summed E-state index contributed by atoms with van der Waals surface area (Å²) in [5.41, 5.74) is 3.30. The number of fused-ring (bicyclic) bond motifs is 2. The largest absolute Gasteiger partial charge is 0.439 e. The molecule has 0 amide bonds. The molecule has 0 radical (unpaired) electrons. The van der Waals surface area contributed by atoms with Gasteiger partial charge in [-0.05, 0) is 42.5 Å². The van der Waals surface area contributed by atoms with E-state index in [1.165, 1.54) is 10.4 Å². The second-order valence-electron chi connectivity index (χ2n) is 5.27. The van der Waals surface area contributed by atoms with E-state index in [1.54, 1.807) is 0 Å².